The highest BCUT2D eigenvalue weighted by molar-refractivity contribution is 9.10. The number of hydrogen-bond acceptors (Lipinski definition) is 6. The number of likely N-dealkylation sites (N-methyl/N-ethyl adjacent to an activating group) is 1. The highest BCUT2D eigenvalue weighted by Gasteiger charge is 2.30. The van der Waals surface area contributed by atoms with Crippen LogP contribution in [0.25, 0.3) is 0 Å². The molecule has 1 aromatic heterocycles. The van der Waals surface area contributed by atoms with Gasteiger partial charge < -0.3 is 9.84 Å². The molecule has 6 nitrogen and oxygen atoms in total. The van der Waals surface area contributed by atoms with E-state index in [2.05, 4.69) is 15.9 Å². The molecule has 1 aliphatic heterocycles. The number of nitrogens with zero attached hydrogens (tertiary/aromatic N) is 2. The van der Waals surface area contributed by atoms with Gasteiger partial charge in [-0.15, -0.1) is 0 Å². The zero-order valence-corrected chi connectivity index (χ0v) is 12.1. The smallest absolute Gasteiger partial charge is 0.338 e. The van der Waals surface area contributed by atoms with Gasteiger partial charge in [-0.1, -0.05) is 11.3 Å². The van der Waals surface area contributed by atoms with E-state index in [0.29, 0.717) is 24.2 Å². The number of halogens is 1. The third kappa shape index (κ3) is 2.89. The number of hydrogen-bond donors (Lipinski definition) is 1. The molecule has 1 fully saturated rings. The van der Waals surface area contributed by atoms with Gasteiger partial charge in [-0.25, -0.2) is 0 Å². The van der Waals surface area contributed by atoms with Crippen molar-refractivity contribution >= 4 is 32.3 Å². The quantitative estimate of drug-likeness (QED) is 0.667. The summed E-state index contributed by atoms with van der Waals surface area (Å²) in [6.07, 6.45) is -0.492. The number of aliphatic hydroxyl groups excluding tert-OH is 1. The average molecular weight is 337 g/mol. The standard InChI is InChI=1S/C10H13BrN2O4S/c1-12(8-4-17-5-9(8)14)3-6-2-7(11)10(18-6)13(15)16/h2,8-9,14H,3-5H2,1H3/t8-,9-/m1/s1. The molecule has 0 saturated carbocycles. The van der Waals surface area contributed by atoms with E-state index in [9.17, 15) is 15.2 Å². The summed E-state index contributed by atoms with van der Waals surface area (Å²) in [5.74, 6) is 0. The van der Waals surface area contributed by atoms with Crippen molar-refractivity contribution in [1.82, 2.24) is 4.90 Å². The van der Waals surface area contributed by atoms with Gasteiger partial charge in [-0.05, 0) is 29.0 Å². The topological polar surface area (TPSA) is 75.8 Å². The molecule has 8 heteroatoms. The van der Waals surface area contributed by atoms with E-state index in [4.69, 9.17) is 4.74 Å². The maximum Gasteiger partial charge on any atom is 0.338 e. The Morgan fingerprint density at radius 3 is 2.94 bits per heavy atom. The lowest BCUT2D eigenvalue weighted by molar-refractivity contribution is -0.380. The summed E-state index contributed by atoms with van der Waals surface area (Å²) in [7, 11) is 1.88. The molecule has 0 aliphatic carbocycles. The molecule has 1 N–H and O–H groups in total. The fraction of sp³-hybridized carbons (Fsp3) is 0.600. The molecule has 0 bridgehead atoms. The van der Waals surface area contributed by atoms with Crippen LogP contribution in [-0.2, 0) is 11.3 Å². The van der Waals surface area contributed by atoms with Crippen LogP contribution in [0.3, 0.4) is 0 Å². The summed E-state index contributed by atoms with van der Waals surface area (Å²) in [4.78, 5) is 13.2. The van der Waals surface area contributed by atoms with Gasteiger partial charge in [-0.2, -0.15) is 0 Å². The Kier molecular flexibility index (Phi) is 4.33. The van der Waals surface area contributed by atoms with Crippen LogP contribution in [0.4, 0.5) is 5.00 Å². The highest BCUT2D eigenvalue weighted by atomic mass is 79.9. The number of thiophene rings is 1. The monoisotopic (exact) mass is 336 g/mol. The second-order valence-electron chi connectivity index (χ2n) is 4.21. The summed E-state index contributed by atoms with van der Waals surface area (Å²) in [6.45, 7) is 1.40. The Bertz CT molecular complexity index is 453. The van der Waals surface area contributed by atoms with E-state index in [-0.39, 0.29) is 11.0 Å². The van der Waals surface area contributed by atoms with Crippen molar-refractivity contribution in [2.24, 2.45) is 0 Å². The molecular formula is C10H13BrN2O4S. The Labute approximate surface area is 116 Å². The summed E-state index contributed by atoms with van der Waals surface area (Å²) in [5, 5.41) is 20.6. The van der Waals surface area contributed by atoms with Gasteiger partial charge in [0.2, 0.25) is 0 Å². The van der Waals surface area contributed by atoms with Gasteiger partial charge in [0.15, 0.2) is 0 Å². The molecule has 0 unspecified atom stereocenters. The molecule has 0 aromatic carbocycles. The van der Waals surface area contributed by atoms with E-state index in [1.54, 1.807) is 6.07 Å². The zero-order chi connectivity index (χ0) is 13.3. The zero-order valence-electron chi connectivity index (χ0n) is 9.71. The van der Waals surface area contributed by atoms with Crippen LogP contribution in [0.2, 0.25) is 0 Å². The predicted molar refractivity (Wildman–Crippen MR) is 70.8 cm³/mol. The Morgan fingerprint density at radius 1 is 1.72 bits per heavy atom. The SMILES string of the molecule is CN(Cc1cc(Br)c([N+](=O)[O-])s1)[C@@H]1COC[C@H]1O. The molecular weight excluding hydrogens is 324 g/mol. The first kappa shape index (κ1) is 13.9. The van der Waals surface area contributed by atoms with Crippen molar-refractivity contribution in [1.29, 1.82) is 0 Å². The molecule has 2 atom stereocenters. The van der Waals surface area contributed by atoms with Crippen LogP contribution in [-0.4, -0.2) is 47.3 Å². The maximum atomic E-state index is 10.7. The minimum atomic E-state index is -0.492. The molecule has 0 amide bonds. The van der Waals surface area contributed by atoms with Crippen molar-refractivity contribution in [2.75, 3.05) is 20.3 Å². The number of nitro groups is 1. The number of rotatable bonds is 4. The van der Waals surface area contributed by atoms with Gasteiger partial charge >= 0.3 is 5.00 Å². The first-order chi connectivity index (χ1) is 8.49. The van der Waals surface area contributed by atoms with Gasteiger partial charge in [0, 0.05) is 11.4 Å². The minimum absolute atomic E-state index is 0.0510. The van der Waals surface area contributed by atoms with Crippen LogP contribution in [0.1, 0.15) is 4.88 Å². The lowest BCUT2D eigenvalue weighted by Gasteiger charge is -2.24. The minimum Gasteiger partial charge on any atom is -0.389 e. The summed E-state index contributed by atoms with van der Waals surface area (Å²) in [5.41, 5.74) is 0. The average Bonchev–Trinajstić information content (AvgIpc) is 2.84. The van der Waals surface area contributed by atoms with Crippen LogP contribution in [0.15, 0.2) is 10.5 Å². The van der Waals surface area contributed by atoms with E-state index in [0.717, 1.165) is 16.2 Å². The number of ether oxygens (including phenoxy) is 1. The lowest BCUT2D eigenvalue weighted by atomic mass is 10.2. The number of aliphatic hydroxyl groups is 1. The first-order valence-electron chi connectivity index (χ1n) is 5.37. The molecule has 18 heavy (non-hydrogen) atoms. The van der Waals surface area contributed by atoms with E-state index in [1.807, 2.05) is 11.9 Å². The molecule has 2 rings (SSSR count). The fourth-order valence-electron chi connectivity index (χ4n) is 1.92. The molecule has 2 heterocycles. The molecule has 1 aromatic rings. The third-order valence-corrected chi connectivity index (χ3v) is 4.82. The van der Waals surface area contributed by atoms with E-state index >= 15 is 0 Å². The van der Waals surface area contributed by atoms with Crippen LogP contribution < -0.4 is 0 Å². The molecule has 0 spiro atoms. The Hall–Kier alpha value is -0.540. The lowest BCUT2D eigenvalue weighted by Crippen LogP contribution is -2.39. The van der Waals surface area contributed by atoms with Gasteiger partial charge in [0.25, 0.3) is 0 Å². The highest BCUT2D eigenvalue weighted by Crippen LogP contribution is 2.35. The Balaban J connectivity index is 2.05. The summed E-state index contributed by atoms with van der Waals surface area (Å²) < 4.78 is 5.69. The summed E-state index contributed by atoms with van der Waals surface area (Å²) >= 11 is 4.33. The normalized spacial score (nSPS) is 23.8. The molecule has 1 saturated heterocycles. The Morgan fingerprint density at radius 2 is 2.44 bits per heavy atom. The molecule has 100 valence electrons. The van der Waals surface area contributed by atoms with Gasteiger partial charge in [-0.3, -0.25) is 15.0 Å². The van der Waals surface area contributed by atoms with Crippen molar-refractivity contribution < 1.29 is 14.8 Å². The van der Waals surface area contributed by atoms with E-state index in [1.165, 1.54) is 0 Å². The van der Waals surface area contributed by atoms with Crippen molar-refractivity contribution in [3.8, 4) is 0 Å². The maximum absolute atomic E-state index is 10.7. The fourth-order valence-corrected chi connectivity index (χ4v) is 3.66. The van der Waals surface area contributed by atoms with Gasteiger partial charge in [0.05, 0.1) is 30.3 Å². The first-order valence-corrected chi connectivity index (χ1v) is 6.98. The third-order valence-electron chi connectivity index (χ3n) is 2.88. The van der Waals surface area contributed by atoms with Crippen molar-refractivity contribution in [2.45, 2.75) is 18.7 Å². The molecule has 0 radical (unpaired) electrons. The van der Waals surface area contributed by atoms with E-state index < -0.39 is 11.0 Å². The van der Waals surface area contributed by atoms with Crippen LogP contribution in [0, 0.1) is 10.1 Å². The van der Waals surface area contributed by atoms with Crippen molar-refractivity contribution in [3.63, 3.8) is 0 Å². The second-order valence-corrected chi connectivity index (χ2v) is 6.18. The van der Waals surface area contributed by atoms with Crippen LogP contribution in [0.5, 0.6) is 0 Å². The predicted octanol–water partition coefficient (Wildman–Crippen LogP) is 1.61. The van der Waals surface area contributed by atoms with Gasteiger partial charge in [0.1, 0.15) is 4.47 Å². The van der Waals surface area contributed by atoms with Crippen LogP contribution >= 0.6 is 27.3 Å². The molecule has 1 aliphatic rings. The second kappa shape index (κ2) is 5.62. The summed E-state index contributed by atoms with van der Waals surface area (Å²) in [6, 6.07) is 1.70. The van der Waals surface area contributed by atoms with Crippen molar-refractivity contribution in [3.05, 3.63) is 25.5 Å². The largest absolute Gasteiger partial charge is 0.389 e.